The zero-order valence-corrected chi connectivity index (χ0v) is 20.9. The first-order chi connectivity index (χ1) is 17.8. The summed E-state index contributed by atoms with van der Waals surface area (Å²) in [6.07, 6.45) is -1.30. The molecule has 1 aliphatic carbocycles. The molecule has 9 heteroatoms. The van der Waals surface area contributed by atoms with Gasteiger partial charge in [-0.25, -0.2) is 9.78 Å². The zero-order valence-electron chi connectivity index (χ0n) is 20.9. The van der Waals surface area contributed by atoms with E-state index in [4.69, 9.17) is 9.72 Å². The zero-order chi connectivity index (χ0) is 26.0. The second-order valence-corrected chi connectivity index (χ2v) is 9.61. The van der Waals surface area contributed by atoms with Crippen LogP contribution in [0.5, 0.6) is 0 Å². The predicted octanol–water partition coefficient (Wildman–Crippen LogP) is 5.31. The van der Waals surface area contributed by atoms with Gasteiger partial charge in [-0.2, -0.15) is 13.2 Å². The number of aryl methyl sites for hydroxylation is 2. The van der Waals surface area contributed by atoms with Gasteiger partial charge in [0.05, 0.1) is 17.7 Å². The minimum Gasteiger partial charge on any atom is -0.450 e. The minimum absolute atomic E-state index is 0.289. The number of alkyl halides is 3. The first-order valence-corrected chi connectivity index (χ1v) is 12.8. The van der Waals surface area contributed by atoms with Gasteiger partial charge < -0.3 is 19.9 Å². The quantitative estimate of drug-likeness (QED) is 0.485. The Hall–Kier alpha value is -3.33. The van der Waals surface area contributed by atoms with Gasteiger partial charge in [-0.3, -0.25) is 0 Å². The van der Waals surface area contributed by atoms with Crippen molar-refractivity contribution in [3.8, 4) is 0 Å². The number of nitrogens with one attached hydrogen (secondary N) is 1. The number of ether oxygens (including phenoxy) is 1. The van der Waals surface area contributed by atoms with E-state index in [1.165, 1.54) is 23.3 Å². The third-order valence-corrected chi connectivity index (χ3v) is 7.12. The van der Waals surface area contributed by atoms with Crippen molar-refractivity contribution < 1.29 is 22.7 Å². The number of anilines is 1. The Kier molecular flexibility index (Phi) is 7.24. The average molecular weight is 513 g/mol. The lowest BCUT2D eigenvalue weighted by molar-refractivity contribution is -0.137. The molecule has 2 aliphatic rings. The van der Waals surface area contributed by atoms with Gasteiger partial charge in [-0.15, -0.1) is 0 Å². The molecule has 2 heterocycles. The summed E-state index contributed by atoms with van der Waals surface area (Å²) in [7, 11) is 0. The lowest BCUT2D eigenvalue weighted by Crippen LogP contribution is -2.49. The highest BCUT2D eigenvalue weighted by molar-refractivity contribution is 5.84. The normalized spacial score (nSPS) is 15.8. The number of aromatic nitrogens is 1. The number of nitrogens with zero attached hydrogens (tertiary/aromatic N) is 3. The van der Waals surface area contributed by atoms with E-state index in [0.29, 0.717) is 45.9 Å². The highest BCUT2D eigenvalue weighted by Crippen LogP contribution is 2.31. The number of halogens is 3. The molecule has 37 heavy (non-hydrogen) atoms. The van der Waals surface area contributed by atoms with Crippen molar-refractivity contribution in [2.24, 2.45) is 0 Å². The molecule has 0 atom stereocenters. The molecule has 0 unspecified atom stereocenters. The maximum atomic E-state index is 12.9. The van der Waals surface area contributed by atoms with Crippen LogP contribution in [0.25, 0.3) is 10.9 Å². The first kappa shape index (κ1) is 25.3. The number of carbonyl (C=O) groups is 1. The van der Waals surface area contributed by atoms with Gasteiger partial charge in [0.1, 0.15) is 5.82 Å². The number of rotatable bonds is 6. The summed E-state index contributed by atoms with van der Waals surface area (Å²) >= 11 is 0. The molecular formula is C28H31F3N4O2. The summed E-state index contributed by atoms with van der Waals surface area (Å²) < 4.78 is 43.8. The maximum Gasteiger partial charge on any atom is 0.416 e. The fraction of sp³-hybridized carbons (Fsp3) is 0.429. The van der Waals surface area contributed by atoms with Crippen LogP contribution in [0.2, 0.25) is 0 Å². The fourth-order valence-corrected chi connectivity index (χ4v) is 5.15. The van der Waals surface area contributed by atoms with Crippen molar-refractivity contribution in [2.75, 3.05) is 37.7 Å². The minimum atomic E-state index is -4.34. The lowest BCUT2D eigenvalue weighted by Gasteiger charge is -2.35. The van der Waals surface area contributed by atoms with Crippen LogP contribution in [-0.4, -0.2) is 48.8 Å². The number of piperazine rings is 1. The molecule has 1 amide bonds. The van der Waals surface area contributed by atoms with Crippen molar-refractivity contribution in [3.05, 3.63) is 70.3 Å². The topological polar surface area (TPSA) is 57.7 Å². The van der Waals surface area contributed by atoms with Crippen molar-refractivity contribution in [2.45, 2.75) is 45.5 Å². The van der Waals surface area contributed by atoms with Gasteiger partial charge in [0.2, 0.25) is 0 Å². The largest absolute Gasteiger partial charge is 0.450 e. The van der Waals surface area contributed by atoms with E-state index in [1.807, 2.05) is 0 Å². The first-order valence-electron chi connectivity index (χ1n) is 12.8. The molecule has 2 aromatic carbocycles. The molecule has 5 rings (SSSR count). The standard InChI is InChI=1S/C28H31F3N4O2/c1-2-37-27(36)35-12-10-34(11-13-35)26-23(15-22-14-20-4-3-5-21(20)16-25(22)33-26)18-32-17-19-6-8-24(9-7-19)28(29,30)31/h6-9,14-16,32H,2-5,10-13,17-18H2,1H3. The summed E-state index contributed by atoms with van der Waals surface area (Å²) in [6.45, 7) is 5.52. The van der Waals surface area contributed by atoms with Crippen LogP contribution < -0.4 is 10.2 Å². The van der Waals surface area contributed by atoms with E-state index in [1.54, 1.807) is 11.8 Å². The van der Waals surface area contributed by atoms with Crippen LogP contribution in [0.15, 0.2) is 42.5 Å². The van der Waals surface area contributed by atoms with Crippen LogP contribution in [0, 0.1) is 0 Å². The maximum absolute atomic E-state index is 12.9. The molecule has 196 valence electrons. The van der Waals surface area contributed by atoms with E-state index in [2.05, 4.69) is 28.4 Å². The Morgan fingerprint density at radius 3 is 2.38 bits per heavy atom. The third kappa shape index (κ3) is 5.66. The molecule has 1 saturated heterocycles. The summed E-state index contributed by atoms with van der Waals surface area (Å²) in [5.41, 5.74) is 4.88. The Bertz CT molecular complexity index is 1270. The van der Waals surface area contributed by atoms with E-state index in [9.17, 15) is 18.0 Å². The molecule has 1 aliphatic heterocycles. The van der Waals surface area contributed by atoms with Gasteiger partial charge in [0, 0.05) is 50.2 Å². The van der Waals surface area contributed by atoms with Gasteiger partial charge in [-0.1, -0.05) is 12.1 Å². The molecule has 6 nitrogen and oxygen atoms in total. The van der Waals surface area contributed by atoms with Crippen molar-refractivity contribution in [3.63, 3.8) is 0 Å². The van der Waals surface area contributed by atoms with E-state index < -0.39 is 11.7 Å². The molecule has 0 radical (unpaired) electrons. The van der Waals surface area contributed by atoms with Crippen LogP contribution >= 0.6 is 0 Å². The third-order valence-electron chi connectivity index (χ3n) is 7.12. The molecule has 1 aromatic heterocycles. The second kappa shape index (κ2) is 10.6. The molecule has 0 bridgehead atoms. The van der Waals surface area contributed by atoms with Crippen molar-refractivity contribution >= 4 is 22.8 Å². The SMILES string of the molecule is CCOC(=O)N1CCN(c2nc3cc4c(cc3cc2CNCc2ccc(C(F)(F)F)cc2)CCC4)CC1. The van der Waals surface area contributed by atoms with Crippen molar-refractivity contribution in [1.29, 1.82) is 0 Å². The molecule has 0 saturated carbocycles. The highest BCUT2D eigenvalue weighted by atomic mass is 19.4. The van der Waals surface area contributed by atoms with Gasteiger partial charge in [0.15, 0.2) is 0 Å². The van der Waals surface area contributed by atoms with Crippen LogP contribution in [0.3, 0.4) is 0 Å². The molecule has 1 fully saturated rings. The number of fused-ring (bicyclic) bond motifs is 2. The molecule has 0 spiro atoms. The Balaban J connectivity index is 1.35. The summed E-state index contributed by atoms with van der Waals surface area (Å²) in [4.78, 5) is 21.1. The van der Waals surface area contributed by atoms with Gasteiger partial charge >= 0.3 is 12.3 Å². The van der Waals surface area contributed by atoms with Crippen LogP contribution in [0.4, 0.5) is 23.8 Å². The number of hydrogen-bond acceptors (Lipinski definition) is 5. The van der Waals surface area contributed by atoms with E-state index in [-0.39, 0.29) is 6.09 Å². The summed E-state index contributed by atoms with van der Waals surface area (Å²) in [5.74, 6) is 0.883. The second-order valence-electron chi connectivity index (χ2n) is 9.61. The number of hydrogen-bond donors (Lipinski definition) is 1. The molecule has 1 N–H and O–H groups in total. The Labute approximate surface area is 214 Å². The fourth-order valence-electron chi connectivity index (χ4n) is 5.15. The van der Waals surface area contributed by atoms with Crippen molar-refractivity contribution in [1.82, 2.24) is 15.2 Å². The number of pyridine rings is 1. The van der Waals surface area contributed by atoms with Gasteiger partial charge in [-0.05, 0) is 73.2 Å². The average Bonchev–Trinajstić information content (AvgIpc) is 3.34. The van der Waals surface area contributed by atoms with Gasteiger partial charge in [0.25, 0.3) is 0 Å². The number of benzene rings is 2. The van der Waals surface area contributed by atoms with E-state index >= 15 is 0 Å². The Morgan fingerprint density at radius 2 is 1.70 bits per heavy atom. The highest BCUT2D eigenvalue weighted by Gasteiger charge is 2.30. The predicted molar refractivity (Wildman–Crippen MR) is 137 cm³/mol. The monoisotopic (exact) mass is 512 g/mol. The smallest absolute Gasteiger partial charge is 0.416 e. The van der Waals surface area contributed by atoms with Crippen LogP contribution in [0.1, 0.15) is 41.2 Å². The summed E-state index contributed by atoms with van der Waals surface area (Å²) in [5, 5.41) is 4.48. The molecular weight excluding hydrogens is 481 g/mol. The molecule has 3 aromatic rings. The number of amides is 1. The van der Waals surface area contributed by atoms with E-state index in [0.717, 1.165) is 59.2 Å². The van der Waals surface area contributed by atoms with Crippen LogP contribution in [-0.2, 0) is 36.8 Å². The summed E-state index contributed by atoms with van der Waals surface area (Å²) in [6, 6.07) is 11.9. The number of carbonyl (C=O) groups excluding carboxylic acids is 1. The Morgan fingerprint density at radius 1 is 1.00 bits per heavy atom. The lowest BCUT2D eigenvalue weighted by atomic mass is 10.0.